The number of carbonyl (C=O) groups is 4. The van der Waals surface area contributed by atoms with Gasteiger partial charge in [-0.3, -0.25) is 19.3 Å². The van der Waals surface area contributed by atoms with Crippen molar-refractivity contribution in [3.05, 3.63) is 35.9 Å². The molecule has 0 bridgehead atoms. The van der Waals surface area contributed by atoms with Crippen molar-refractivity contribution in [1.29, 1.82) is 0 Å². The van der Waals surface area contributed by atoms with Crippen LogP contribution in [0.1, 0.15) is 46.1 Å². The van der Waals surface area contributed by atoms with Crippen LogP contribution in [0.2, 0.25) is 0 Å². The van der Waals surface area contributed by atoms with Gasteiger partial charge in [-0.2, -0.15) is 4.89 Å². The minimum Gasteiger partial charge on any atom is -0.370 e. The van der Waals surface area contributed by atoms with Crippen LogP contribution in [-0.4, -0.2) is 41.4 Å². The van der Waals surface area contributed by atoms with Gasteiger partial charge in [0.15, 0.2) is 0 Å². The maximum absolute atomic E-state index is 12.4. The van der Waals surface area contributed by atoms with E-state index in [1.165, 1.54) is 6.92 Å². The first-order valence-electron chi connectivity index (χ1n) is 9.29. The first kappa shape index (κ1) is 24.1. The van der Waals surface area contributed by atoms with Crippen LogP contribution in [0.4, 0.5) is 0 Å². The molecule has 0 spiro atoms. The predicted octanol–water partition coefficient (Wildman–Crippen LogP) is 0.757. The lowest BCUT2D eigenvalue weighted by Crippen LogP contribution is -2.52. The Labute approximate surface area is 170 Å². The van der Waals surface area contributed by atoms with E-state index in [2.05, 4.69) is 15.5 Å². The first-order chi connectivity index (χ1) is 13.5. The van der Waals surface area contributed by atoms with Gasteiger partial charge in [-0.05, 0) is 39.7 Å². The lowest BCUT2D eigenvalue weighted by molar-refractivity contribution is -0.321. The summed E-state index contributed by atoms with van der Waals surface area (Å²) >= 11 is 0. The second-order valence-electron chi connectivity index (χ2n) is 7.60. The van der Waals surface area contributed by atoms with Crippen LogP contribution in [-0.2, 0) is 35.4 Å². The molecule has 0 saturated heterocycles. The number of primary amides is 1. The number of nitrogens with one attached hydrogen (secondary N) is 2. The third-order valence-corrected chi connectivity index (χ3v) is 3.63. The van der Waals surface area contributed by atoms with Gasteiger partial charge in [0.05, 0.1) is 6.42 Å². The molecule has 0 saturated carbocycles. The largest absolute Gasteiger partial charge is 0.370 e. The highest BCUT2D eigenvalue weighted by Crippen LogP contribution is 2.08. The maximum atomic E-state index is 12.4. The van der Waals surface area contributed by atoms with Gasteiger partial charge in [0.25, 0.3) is 0 Å². The second kappa shape index (κ2) is 11.2. The Kier molecular flexibility index (Phi) is 9.27. The zero-order chi connectivity index (χ0) is 22.0. The van der Waals surface area contributed by atoms with Gasteiger partial charge < -0.3 is 16.4 Å². The fourth-order valence-electron chi connectivity index (χ4n) is 2.19. The van der Waals surface area contributed by atoms with E-state index >= 15 is 0 Å². The molecule has 160 valence electrons. The van der Waals surface area contributed by atoms with E-state index in [0.717, 1.165) is 5.56 Å². The minimum absolute atomic E-state index is 0.129. The zero-order valence-corrected chi connectivity index (χ0v) is 17.2. The minimum atomic E-state index is -1.20. The van der Waals surface area contributed by atoms with Crippen molar-refractivity contribution in [2.45, 2.75) is 64.6 Å². The van der Waals surface area contributed by atoms with E-state index < -0.39 is 47.8 Å². The molecule has 9 nitrogen and oxygen atoms in total. The van der Waals surface area contributed by atoms with Crippen molar-refractivity contribution >= 4 is 23.7 Å². The van der Waals surface area contributed by atoms with Crippen LogP contribution in [0.3, 0.4) is 0 Å². The molecule has 0 aliphatic heterocycles. The molecule has 1 aromatic carbocycles. The SMILES string of the molecule is C[C@H](NC(=O)[C@H](CC(N)=O)NC(=O)CCc1ccccc1)C(=O)OOC(C)(C)C. The summed E-state index contributed by atoms with van der Waals surface area (Å²) in [4.78, 5) is 57.4. The van der Waals surface area contributed by atoms with Crippen molar-refractivity contribution in [3.8, 4) is 0 Å². The molecule has 1 rings (SSSR count). The third kappa shape index (κ3) is 10.2. The summed E-state index contributed by atoms with van der Waals surface area (Å²) < 4.78 is 0. The van der Waals surface area contributed by atoms with Crippen molar-refractivity contribution in [3.63, 3.8) is 0 Å². The number of benzene rings is 1. The molecule has 29 heavy (non-hydrogen) atoms. The number of nitrogens with two attached hydrogens (primary N) is 1. The zero-order valence-electron chi connectivity index (χ0n) is 17.2. The average Bonchev–Trinajstić information content (AvgIpc) is 2.63. The molecule has 0 fully saturated rings. The molecule has 9 heteroatoms. The van der Waals surface area contributed by atoms with E-state index in [1.807, 2.05) is 30.3 Å². The first-order valence-corrected chi connectivity index (χ1v) is 9.29. The van der Waals surface area contributed by atoms with Crippen LogP contribution < -0.4 is 16.4 Å². The molecular formula is C20H29N3O6. The number of hydrogen-bond acceptors (Lipinski definition) is 6. The van der Waals surface area contributed by atoms with Crippen molar-refractivity contribution in [2.24, 2.45) is 5.73 Å². The molecule has 0 radical (unpaired) electrons. The van der Waals surface area contributed by atoms with E-state index in [-0.39, 0.29) is 6.42 Å². The topological polar surface area (TPSA) is 137 Å². The highest BCUT2D eigenvalue weighted by atomic mass is 17.2. The summed E-state index contributed by atoms with van der Waals surface area (Å²) in [5.74, 6) is -2.72. The van der Waals surface area contributed by atoms with Crippen molar-refractivity contribution < 1.29 is 29.0 Å². The van der Waals surface area contributed by atoms with E-state index in [9.17, 15) is 19.2 Å². The number of amides is 3. The normalized spacial score (nSPS) is 13.1. The van der Waals surface area contributed by atoms with Gasteiger partial charge >= 0.3 is 5.97 Å². The monoisotopic (exact) mass is 407 g/mol. The van der Waals surface area contributed by atoms with Crippen LogP contribution in [0, 0.1) is 0 Å². The fraction of sp³-hybridized carbons (Fsp3) is 0.500. The number of carbonyl (C=O) groups excluding carboxylic acids is 4. The molecule has 0 aromatic heterocycles. The Bertz CT molecular complexity index is 715. The van der Waals surface area contributed by atoms with E-state index in [0.29, 0.717) is 6.42 Å². The molecule has 2 atom stereocenters. The maximum Gasteiger partial charge on any atom is 0.364 e. The lowest BCUT2D eigenvalue weighted by Gasteiger charge is -2.21. The summed E-state index contributed by atoms with van der Waals surface area (Å²) in [6.45, 7) is 6.47. The number of hydrogen-bond donors (Lipinski definition) is 3. The molecule has 0 aliphatic rings. The summed E-state index contributed by atoms with van der Waals surface area (Å²) in [6, 6.07) is 7.11. The highest BCUT2D eigenvalue weighted by Gasteiger charge is 2.27. The summed E-state index contributed by atoms with van der Waals surface area (Å²) in [5, 5.41) is 4.87. The Hall–Kier alpha value is -2.94. The van der Waals surface area contributed by atoms with Gasteiger partial charge in [0.2, 0.25) is 17.7 Å². The Balaban J connectivity index is 2.61. The fourth-order valence-corrected chi connectivity index (χ4v) is 2.19. The molecule has 4 N–H and O–H groups in total. The summed E-state index contributed by atoms with van der Waals surface area (Å²) in [6.07, 6.45) is 0.206. The molecule has 1 aromatic rings. The summed E-state index contributed by atoms with van der Waals surface area (Å²) in [7, 11) is 0. The smallest absolute Gasteiger partial charge is 0.364 e. The van der Waals surface area contributed by atoms with Crippen molar-refractivity contribution in [1.82, 2.24) is 10.6 Å². The third-order valence-electron chi connectivity index (χ3n) is 3.63. The number of aryl methyl sites for hydroxylation is 1. The van der Waals surface area contributed by atoms with Gasteiger partial charge in [-0.25, -0.2) is 4.79 Å². The molecular weight excluding hydrogens is 378 g/mol. The van der Waals surface area contributed by atoms with Gasteiger partial charge in [0, 0.05) is 6.42 Å². The predicted molar refractivity (Wildman–Crippen MR) is 105 cm³/mol. The molecule has 3 amide bonds. The standard InChI is InChI=1S/C20H29N3O6/c1-13(19(27)28-29-20(2,3)4)22-18(26)15(12-16(21)24)23-17(25)11-10-14-8-6-5-7-9-14/h5-9,13,15H,10-12H2,1-4H3,(H2,21,24)(H,22,26)(H,23,25)/t13-,15-/m0/s1. The Morgan fingerprint density at radius 1 is 1.07 bits per heavy atom. The van der Waals surface area contributed by atoms with E-state index in [1.54, 1.807) is 20.8 Å². The van der Waals surface area contributed by atoms with E-state index in [4.69, 9.17) is 10.6 Å². The number of rotatable bonds is 10. The molecule has 0 unspecified atom stereocenters. The van der Waals surface area contributed by atoms with Crippen LogP contribution in [0.15, 0.2) is 30.3 Å². The molecule has 0 heterocycles. The van der Waals surface area contributed by atoms with Crippen LogP contribution in [0.25, 0.3) is 0 Å². The summed E-state index contributed by atoms with van der Waals surface area (Å²) in [5.41, 5.74) is 5.43. The van der Waals surface area contributed by atoms with Crippen LogP contribution in [0.5, 0.6) is 0 Å². The second-order valence-corrected chi connectivity index (χ2v) is 7.60. The Morgan fingerprint density at radius 2 is 1.69 bits per heavy atom. The highest BCUT2D eigenvalue weighted by molar-refractivity contribution is 5.93. The van der Waals surface area contributed by atoms with Gasteiger partial charge in [-0.15, -0.1) is 0 Å². The van der Waals surface area contributed by atoms with Gasteiger partial charge in [-0.1, -0.05) is 30.3 Å². The lowest BCUT2D eigenvalue weighted by atomic mass is 10.1. The average molecular weight is 407 g/mol. The van der Waals surface area contributed by atoms with Crippen molar-refractivity contribution in [2.75, 3.05) is 0 Å². The van der Waals surface area contributed by atoms with Crippen LogP contribution >= 0.6 is 0 Å². The Morgan fingerprint density at radius 3 is 2.24 bits per heavy atom. The quantitative estimate of drug-likeness (QED) is 0.387. The molecule has 0 aliphatic carbocycles. The van der Waals surface area contributed by atoms with Gasteiger partial charge in [0.1, 0.15) is 17.7 Å².